The molecule has 0 radical (unpaired) electrons. The number of sulfonamides is 1. The van der Waals surface area contributed by atoms with Crippen LogP contribution in [0.5, 0.6) is 5.75 Å². The first-order valence-electron chi connectivity index (χ1n) is 10.4. The Hall–Kier alpha value is -2.48. The molecule has 30 heavy (non-hydrogen) atoms. The number of carbonyl (C=O) groups excluding carboxylic acids is 1. The summed E-state index contributed by atoms with van der Waals surface area (Å²) in [5, 5.41) is 2.91. The highest BCUT2D eigenvalue weighted by molar-refractivity contribution is 7.92. The number of aromatic nitrogens is 1. The third kappa shape index (κ3) is 4.80. The van der Waals surface area contributed by atoms with E-state index in [0.717, 1.165) is 24.2 Å². The third-order valence-corrected chi connectivity index (χ3v) is 7.06. The molecule has 1 fully saturated rings. The first-order chi connectivity index (χ1) is 14.3. The minimum Gasteiger partial charge on any atom is -0.494 e. The van der Waals surface area contributed by atoms with Crippen LogP contribution in [0.3, 0.4) is 0 Å². The molecule has 1 aliphatic rings. The molecule has 0 saturated heterocycles. The van der Waals surface area contributed by atoms with Gasteiger partial charge < -0.3 is 14.6 Å². The fourth-order valence-corrected chi connectivity index (χ4v) is 4.85. The van der Waals surface area contributed by atoms with Crippen molar-refractivity contribution in [2.75, 3.05) is 22.9 Å². The van der Waals surface area contributed by atoms with Crippen molar-refractivity contribution < 1.29 is 17.9 Å². The van der Waals surface area contributed by atoms with E-state index in [-0.39, 0.29) is 11.7 Å². The zero-order valence-corrected chi connectivity index (χ0v) is 18.9. The normalized spacial score (nSPS) is 15.1. The standard InChI is InChI=1S/C22H31N3O4S/c1-5-30(27,28)24-20-12-11-17(14-21(20)29-4)23-22(26)19-13-15(2)25(16(19)3)18-9-7-6-8-10-18/h11-14,18,24H,5-10H2,1-4H3,(H,23,26). The van der Waals surface area contributed by atoms with E-state index in [1.165, 1.54) is 26.4 Å². The largest absolute Gasteiger partial charge is 0.494 e. The average Bonchev–Trinajstić information content (AvgIpc) is 3.03. The summed E-state index contributed by atoms with van der Waals surface area (Å²) in [6.45, 7) is 5.61. The molecule has 0 atom stereocenters. The Morgan fingerprint density at radius 3 is 2.50 bits per heavy atom. The van der Waals surface area contributed by atoms with Crippen LogP contribution in [-0.4, -0.2) is 31.8 Å². The predicted octanol–water partition coefficient (Wildman–Crippen LogP) is 4.63. The molecule has 1 amide bonds. The molecule has 1 saturated carbocycles. The summed E-state index contributed by atoms with van der Waals surface area (Å²) in [7, 11) is -1.96. The second-order valence-electron chi connectivity index (χ2n) is 7.82. The van der Waals surface area contributed by atoms with Crippen LogP contribution >= 0.6 is 0 Å². The van der Waals surface area contributed by atoms with E-state index in [1.54, 1.807) is 25.1 Å². The summed E-state index contributed by atoms with van der Waals surface area (Å²) in [4.78, 5) is 13.0. The van der Waals surface area contributed by atoms with Crippen molar-refractivity contribution in [1.82, 2.24) is 4.57 Å². The van der Waals surface area contributed by atoms with E-state index in [9.17, 15) is 13.2 Å². The molecule has 7 nitrogen and oxygen atoms in total. The quantitative estimate of drug-likeness (QED) is 0.666. The number of aryl methyl sites for hydroxylation is 1. The molecule has 0 spiro atoms. The maximum Gasteiger partial charge on any atom is 0.257 e. The lowest BCUT2D eigenvalue weighted by Gasteiger charge is -2.26. The van der Waals surface area contributed by atoms with E-state index >= 15 is 0 Å². The highest BCUT2D eigenvalue weighted by Crippen LogP contribution is 2.33. The van der Waals surface area contributed by atoms with E-state index in [2.05, 4.69) is 21.5 Å². The van der Waals surface area contributed by atoms with Crippen LogP contribution in [0.4, 0.5) is 11.4 Å². The van der Waals surface area contributed by atoms with Crippen molar-refractivity contribution in [1.29, 1.82) is 0 Å². The van der Waals surface area contributed by atoms with Gasteiger partial charge in [-0.2, -0.15) is 0 Å². The Kier molecular flexibility index (Phi) is 6.75. The van der Waals surface area contributed by atoms with Crippen LogP contribution in [0.2, 0.25) is 0 Å². The minimum atomic E-state index is -3.42. The maximum absolute atomic E-state index is 13.0. The van der Waals surface area contributed by atoms with Gasteiger partial charge in [0, 0.05) is 29.2 Å². The number of methoxy groups -OCH3 is 1. The number of rotatable bonds is 7. The van der Waals surface area contributed by atoms with Crippen LogP contribution in [0.15, 0.2) is 24.3 Å². The smallest absolute Gasteiger partial charge is 0.257 e. The van der Waals surface area contributed by atoms with E-state index in [4.69, 9.17) is 4.74 Å². The SMILES string of the molecule is CCS(=O)(=O)Nc1ccc(NC(=O)c2cc(C)n(C3CCCCC3)c2C)cc1OC. The van der Waals surface area contributed by atoms with E-state index < -0.39 is 10.0 Å². The maximum atomic E-state index is 13.0. The first-order valence-corrected chi connectivity index (χ1v) is 12.1. The summed E-state index contributed by atoms with van der Waals surface area (Å²) in [6.07, 6.45) is 6.07. The lowest BCUT2D eigenvalue weighted by molar-refractivity contribution is 0.102. The van der Waals surface area contributed by atoms with Crippen LogP contribution in [0, 0.1) is 13.8 Å². The number of ether oxygens (including phenoxy) is 1. The van der Waals surface area contributed by atoms with Gasteiger partial charge in [-0.25, -0.2) is 8.42 Å². The van der Waals surface area contributed by atoms with Crippen molar-refractivity contribution in [2.24, 2.45) is 0 Å². The zero-order valence-electron chi connectivity index (χ0n) is 18.1. The van der Waals surface area contributed by atoms with Gasteiger partial charge in [0.2, 0.25) is 10.0 Å². The van der Waals surface area contributed by atoms with Gasteiger partial charge in [0.15, 0.2) is 0 Å². The molecule has 0 aliphatic heterocycles. The number of carbonyl (C=O) groups is 1. The summed E-state index contributed by atoms with van der Waals surface area (Å²) in [5.74, 6) is 0.122. The molecule has 8 heteroatoms. The summed E-state index contributed by atoms with van der Waals surface area (Å²) >= 11 is 0. The number of nitrogens with zero attached hydrogens (tertiary/aromatic N) is 1. The summed E-state index contributed by atoms with van der Waals surface area (Å²) in [6, 6.07) is 7.28. The zero-order chi connectivity index (χ0) is 21.9. The van der Waals surface area contributed by atoms with Gasteiger partial charge in [-0.1, -0.05) is 19.3 Å². The molecule has 3 rings (SSSR count). The fourth-order valence-electron chi connectivity index (χ4n) is 4.20. The molecule has 164 valence electrons. The van der Waals surface area contributed by atoms with Gasteiger partial charge in [-0.3, -0.25) is 9.52 Å². The Morgan fingerprint density at radius 2 is 1.87 bits per heavy atom. The van der Waals surface area contributed by atoms with Gasteiger partial charge in [0.1, 0.15) is 5.75 Å². The second kappa shape index (κ2) is 9.12. The lowest BCUT2D eigenvalue weighted by Crippen LogP contribution is -2.17. The summed E-state index contributed by atoms with van der Waals surface area (Å²) < 4.78 is 33.8. The number of nitrogens with one attached hydrogen (secondary N) is 2. The van der Waals surface area contributed by atoms with Gasteiger partial charge in [0.25, 0.3) is 5.91 Å². The molecular weight excluding hydrogens is 402 g/mol. The molecule has 2 aromatic rings. The predicted molar refractivity (Wildman–Crippen MR) is 120 cm³/mol. The number of hydrogen-bond acceptors (Lipinski definition) is 4. The second-order valence-corrected chi connectivity index (χ2v) is 9.83. The fraction of sp³-hybridized carbons (Fsp3) is 0.500. The highest BCUT2D eigenvalue weighted by atomic mass is 32.2. The molecule has 0 bridgehead atoms. The number of amides is 1. The molecular formula is C22H31N3O4S. The third-order valence-electron chi connectivity index (χ3n) is 5.77. The van der Waals surface area contributed by atoms with Gasteiger partial charge in [0.05, 0.1) is 24.1 Å². The molecule has 1 aromatic heterocycles. The van der Waals surface area contributed by atoms with E-state index in [1.807, 2.05) is 13.0 Å². The van der Waals surface area contributed by atoms with Gasteiger partial charge >= 0.3 is 0 Å². The van der Waals surface area contributed by atoms with Crippen LogP contribution in [0.1, 0.15) is 66.8 Å². The Morgan fingerprint density at radius 1 is 1.17 bits per heavy atom. The van der Waals surface area contributed by atoms with Crippen molar-refractivity contribution >= 4 is 27.3 Å². The number of anilines is 2. The molecule has 0 unspecified atom stereocenters. The Balaban J connectivity index is 1.81. The number of benzene rings is 1. The van der Waals surface area contributed by atoms with Gasteiger partial charge in [-0.15, -0.1) is 0 Å². The number of hydrogen-bond donors (Lipinski definition) is 2. The average molecular weight is 434 g/mol. The Labute approximate surface area is 178 Å². The summed E-state index contributed by atoms with van der Waals surface area (Å²) in [5.41, 5.74) is 3.63. The monoisotopic (exact) mass is 433 g/mol. The van der Waals surface area contributed by atoms with Crippen molar-refractivity contribution in [2.45, 2.75) is 58.9 Å². The van der Waals surface area contributed by atoms with Crippen LogP contribution in [0.25, 0.3) is 0 Å². The Bertz CT molecular complexity index is 1020. The van der Waals surface area contributed by atoms with Crippen molar-refractivity contribution in [3.05, 3.63) is 41.2 Å². The topological polar surface area (TPSA) is 89.4 Å². The molecule has 1 aromatic carbocycles. The van der Waals surface area contributed by atoms with Crippen molar-refractivity contribution in [3.8, 4) is 5.75 Å². The molecule has 2 N–H and O–H groups in total. The van der Waals surface area contributed by atoms with Crippen molar-refractivity contribution in [3.63, 3.8) is 0 Å². The lowest BCUT2D eigenvalue weighted by atomic mass is 9.95. The van der Waals surface area contributed by atoms with Crippen LogP contribution in [-0.2, 0) is 10.0 Å². The minimum absolute atomic E-state index is 0.0365. The van der Waals surface area contributed by atoms with E-state index in [0.29, 0.717) is 28.7 Å². The van der Waals surface area contributed by atoms with Crippen LogP contribution < -0.4 is 14.8 Å². The molecule has 1 heterocycles. The first kappa shape index (κ1) is 22.2. The highest BCUT2D eigenvalue weighted by Gasteiger charge is 2.23. The van der Waals surface area contributed by atoms with Gasteiger partial charge in [-0.05, 0) is 51.8 Å². The molecule has 1 aliphatic carbocycles.